The summed E-state index contributed by atoms with van der Waals surface area (Å²) in [5, 5.41) is 0. The number of aromatic nitrogens is 1. The molecule has 6 nitrogen and oxygen atoms in total. The second-order valence-corrected chi connectivity index (χ2v) is 5.68. The van der Waals surface area contributed by atoms with Crippen molar-refractivity contribution in [3.05, 3.63) is 40.8 Å². The number of benzene rings is 1. The fraction of sp³-hybridized carbons (Fsp3) is 0.214. The highest BCUT2D eigenvalue weighted by molar-refractivity contribution is 7.92. The van der Waals surface area contributed by atoms with Crippen LogP contribution in [0.1, 0.15) is 0 Å². The lowest BCUT2D eigenvalue weighted by atomic mass is 10.1. The van der Waals surface area contributed by atoms with Gasteiger partial charge in [0, 0.05) is 18.8 Å². The van der Waals surface area contributed by atoms with Crippen LogP contribution in [0, 0.1) is 0 Å². The molecule has 3 N–H and O–H groups in total. The zero-order chi connectivity index (χ0) is 15.6. The van der Waals surface area contributed by atoms with Gasteiger partial charge in [0.1, 0.15) is 17.7 Å². The van der Waals surface area contributed by atoms with Crippen molar-refractivity contribution in [3.8, 4) is 16.9 Å². The zero-order valence-electron chi connectivity index (χ0n) is 12.0. The van der Waals surface area contributed by atoms with Crippen LogP contribution in [-0.4, -0.2) is 22.5 Å². The molecule has 0 aliphatic heterocycles. The average molecular weight is 307 g/mol. The first-order valence-electron chi connectivity index (χ1n) is 6.17. The molecule has 1 unspecified atom stereocenters. The molecule has 1 atom stereocenters. The lowest BCUT2D eigenvalue weighted by Gasteiger charge is -2.13. The van der Waals surface area contributed by atoms with Crippen LogP contribution in [0.3, 0.4) is 0 Å². The number of aryl methyl sites for hydroxylation is 1. The highest BCUT2D eigenvalue weighted by atomic mass is 32.2. The predicted molar refractivity (Wildman–Crippen MR) is 85.8 cm³/mol. The number of pyridine rings is 1. The van der Waals surface area contributed by atoms with Gasteiger partial charge in [0.15, 0.2) is 0 Å². The third-order valence-corrected chi connectivity index (χ3v) is 3.50. The van der Waals surface area contributed by atoms with E-state index in [-0.39, 0.29) is 11.2 Å². The molecule has 2 rings (SSSR count). The van der Waals surface area contributed by atoms with Crippen molar-refractivity contribution in [2.75, 3.05) is 23.8 Å². The molecule has 7 heteroatoms. The Morgan fingerprint density at radius 2 is 2.05 bits per heavy atom. The molecule has 0 aliphatic carbocycles. The van der Waals surface area contributed by atoms with Crippen LogP contribution in [-0.2, 0) is 18.4 Å². The van der Waals surface area contributed by atoms with Crippen molar-refractivity contribution >= 4 is 22.7 Å². The molecule has 0 bridgehead atoms. The highest BCUT2D eigenvalue weighted by Gasteiger charge is 2.11. The van der Waals surface area contributed by atoms with E-state index in [4.69, 9.17) is 10.5 Å². The van der Waals surface area contributed by atoms with Gasteiger partial charge in [-0.15, -0.1) is 0 Å². The van der Waals surface area contributed by atoms with Gasteiger partial charge in [-0.2, -0.15) is 0 Å². The molecular weight excluding hydrogens is 290 g/mol. The monoisotopic (exact) mass is 307 g/mol. The third-order valence-electron chi connectivity index (χ3n) is 3.00. The molecule has 0 amide bonds. The smallest absolute Gasteiger partial charge is 0.273 e. The van der Waals surface area contributed by atoms with Crippen molar-refractivity contribution < 1.29 is 9.29 Å². The zero-order valence-corrected chi connectivity index (χ0v) is 12.9. The van der Waals surface area contributed by atoms with Crippen LogP contribution in [0.4, 0.5) is 11.4 Å². The number of methoxy groups -OCH3 is 1. The first kappa shape index (κ1) is 15.3. The van der Waals surface area contributed by atoms with Gasteiger partial charge >= 0.3 is 0 Å². The Balaban J connectivity index is 2.52. The highest BCUT2D eigenvalue weighted by Crippen LogP contribution is 2.31. The van der Waals surface area contributed by atoms with Crippen LogP contribution < -0.4 is 20.8 Å². The van der Waals surface area contributed by atoms with Gasteiger partial charge < -0.3 is 19.6 Å². The molecular formula is C14H17N3O3S. The number of nitrogens with zero attached hydrogens (tertiary/aromatic N) is 1. The first-order valence-corrected chi connectivity index (χ1v) is 7.73. The minimum Gasteiger partial charge on any atom is -0.593 e. The number of ether oxygens (including phenoxy) is 1. The molecule has 0 radical (unpaired) electrons. The molecule has 1 aromatic carbocycles. The Hall–Kier alpha value is -2.12. The Bertz CT molecular complexity index is 687. The van der Waals surface area contributed by atoms with Crippen LogP contribution in [0.25, 0.3) is 11.1 Å². The second kappa shape index (κ2) is 6.11. The number of hydrogen-bond acceptors (Lipinski definition) is 5. The van der Waals surface area contributed by atoms with Gasteiger partial charge in [-0.25, -0.2) is 4.72 Å². The third kappa shape index (κ3) is 3.32. The van der Waals surface area contributed by atoms with Crippen LogP contribution in [0.2, 0.25) is 0 Å². The lowest BCUT2D eigenvalue weighted by molar-refractivity contribution is 0.417. The van der Waals surface area contributed by atoms with Crippen molar-refractivity contribution in [3.63, 3.8) is 0 Å². The summed E-state index contributed by atoms with van der Waals surface area (Å²) >= 11 is -1.22. The minimum absolute atomic E-state index is 0.180. The normalized spacial score (nSPS) is 12.0. The van der Waals surface area contributed by atoms with Gasteiger partial charge in [0.05, 0.1) is 24.2 Å². The summed E-state index contributed by atoms with van der Waals surface area (Å²) in [7, 11) is 3.19. The second-order valence-electron chi connectivity index (χ2n) is 4.57. The largest absolute Gasteiger partial charge is 0.593 e. The molecule has 2 aromatic rings. The average Bonchev–Trinajstić information content (AvgIpc) is 2.43. The van der Waals surface area contributed by atoms with E-state index in [2.05, 4.69) is 4.72 Å². The maximum Gasteiger partial charge on any atom is 0.273 e. The van der Waals surface area contributed by atoms with E-state index in [1.54, 1.807) is 38.6 Å². The number of hydrogen-bond donors (Lipinski definition) is 2. The van der Waals surface area contributed by atoms with Gasteiger partial charge in [-0.05, 0) is 23.8 Å². The molecule has 0 aliphatic rings. The maximum atomic E-state index is 11.6. The minimum atomic E-state index is -1.22. The summed E-state index contributed by atoms with van der Waals surface area (Å²) in [6.45, 7) is 0. The van der Waals surface area contributed by atoms with Gasteiger partial charge in [0.25, 0.3) is 5.56 Å². The number of nitrogens with two attached hydrogens (primary N) is 1. The van der Waals surface area contributed by atoms with Crippen LogP contribution in [0.5, 0.6) is 5.75 Å². The molecule has 0 saturated heterocycles. The van der Waals surface area contributed by atoms with E-state index < -0.39 is 11.4 Å². The van der Waals surface area contributed by atoms with E-state index >= 15 is 0 Å². The first-order chi connectivity index (χ1) is 9.92. The summed E-state index contributed by atoms with van der Waals surface area (Å²) in [5.74, 6) is 0.590. The topological polar surface area (TPSA) is 92.3 Å². The van der Waals surface area contributed by atoms with Crippen molar-refractivity contribution in [1.82, 2.24) is 4.57 Å². The van der Waals surface area contributed by atoms with Crippen LogP contribution >= 0.6 is 0 Å². The Labute approximate surface area is 125 Å². The Morgan fingerprint density at radius 1 is 1.33 bits per heavy atom. The standard InChI is InChI=1S/C14H17N3O3S/c1-17-8-10(6-11(15)14(17)18)9-4-5-13(20-2)12(7-9)16-21(3)19/h4-8,16H,15H2,1-3H3. The van der Waals surface area contributed by atoms with Crippen LogP contribution in [0.15, 0.2) is 35.3 Å². The summed E-state index contributed by atoms with van der Waals surface area (Å²) in [6, 6.07) is 7.05. The van der Waals surface area contributed by atoms with E-state index in [1.165, 1.54) is 10.8 Å². The number of nitrogen functional groups attached to an aromatic ring is 1. The fourth-order valence-electron chi connectivity index (χ4n) is 2.02. The van der Waals surface area contributed by atoms with Crippen molar-refractivity contribution in [2.45, 2.75) is 0 Å². The SMILES string of the molecule is COc1ccc(-c2cc(N)c(=O)n(C)c2)cc1N[S+](C)[O-]. The van der Waals surface area contributed by atoms with E-state index in [0.29, 0.717) is 11.4 Å². The molecule has 0 spiro atoms. The fourth-order valence-corrected chi connectivity index (χ4v) is 2.49. The molecule has 1 heterocycles. The van der Waals surface area contributed by atoms with E-state index in [1.807, 2.05) is 6.07 Å². The summed E-state index contributed by atoms with van der Waals surface area (Å²) < 4.78 is 20.8. The van der Waals surface area contributed by atoms with E-state index in [0.717, 1.165) is 11.1 Å². The number of anilines is 2. The summed E-state index contributed by atoms with van der Waals surface area (Å²) in [6.07, 6.45) is 3.24. The molecule has 21 heavy (non-hydrogen) atoms. The quantitative estimate of drug-likeness (QED) is 0.832. The molecule has 1 aromatic heterocycles. The Morgan fingerprint density at radius 3 is 2.62 bits per heavy atom. The van der Waals surface area contributed by atoms with Gasteiger partial charge in [-0.3, -0.25) is 4.79 Å². The Kier molecular flexibility index (Phi) is 4.44. The lowest BCUT2D eigenvalue weighted by Crippen LogP contribution is -2.19. The summed E-state index contributed by atoms with van der Waals surface area (Å²) in [4.78, 5) is 11.6. The van der Waals surface area contributed by atoms with Gasteiger partial charge in [0.2, 0.25) is 0 Å². The number of nitrogens with one attached hydrogen (secondary N) is 1. The molecule has 112 valence electrons. The van der Waals surface area contributed by atoms with Crippen molar-refractivity contribution in [2.24, 2.45) is 7.05 Å². The maximum absolute atomic E-state index is 11.6. The number of rotatable bonds is 4. The summed E-state index contributed by atoms with van der Waals surface area (Å²) in [5.41, 5.74) is 7.90. The predicted octanol–water partition coefficient (Wildman–Crippen LogP) is 1.35. The van der Waals surface area contributed by atoms with E-state index in [9.17, 15) is 9.35 Å². The molecule has 0 saturated carbocycles. The van der Waals surface area contributed by atoms with Gasteiger partial charge in [-0.1, -0.05) is 6.07 Å². The van der Waals surface area contributed by atoms with Crippen molar-refractivity contribution in [1.29, 1.82) is 0 Å². The molecule has 0 fully saturated rings.